The molecule has 0 radical (unpaired) electrons. The molecule has 0 amide bonds. The Kier molecular flexibility index (Phi) is 6.61. The molecule has 2 bridgehead atoms. The molecule has 0 spiro atoms. The lowest BCUT2D eigenvalue weighted by Crippen LogP contribution is -2.36. The quantitative estimate of drug-likeness (QED) is 0.300. The number of fused-ring (bicyclic) bond motifs is 2. The van der Waals surface area contributed by atoms with Crippen LogP contribution in [-0.4, -0.2) is 6.04 Å². The van der Waals surface area contributed by atoms with Gasteiger partial charge in [0.05, 0.1) is 6.04 Å². The van der Waals surface area contributed by atoms with Gasteiger partial charge >= 0.3 is 0 Å². The van der Waals surface area contributed by atoms with Crippen molar-refractivity contribution in [2.24, 2.45) is 0 Å². The van der Waals surface area contributed by atoms with Crippen LogP contribution in [0.5, 0.6) is 0 Å². The molecule has 2 heteroatoms. The standard InChI is InChI=1S/C36H30N2/c1-27-13-11-12-22-38(34-18-9-4-10-19-34)36-26-30(27)20-21-35(36)37-33-24-31(28-14-5-2-6-15-28)23-32(25-33)29-16-7-3-8-17-29/h2-25,36-37H,1,26H2/b13-11-,22-12-. The zero-order chi connectivity index (χ0) is 25.7. The summed E-state index contributed by atoms with van der Waals surface area (Å²) in [5, 5.41) is 3.83. The number of para-hydroxylation sites is 1. The normalized spacial score (nSPS) is 18.4. The van der Waals surface area contributed by atoms with Gasteiger partial charge < -0.3 is 10.2 Å². The Labute approximate surface area is 225 Å². The van der Waals surface area contributed by atoms with Crippen molar-refractivity contribution < 1.29 is 0 Å². The molecule has 0 saturated carbocycles. The molecule has 1 N–H and O–H groups in total. The minimum absolute atomic E-state index is 0.103. The molecule has 38 heavy (non-hydrogen) atoms. The van der Waals surface area contributed by atoms with Gasteiger partial charge in [-0.25, -0.2) is 0 Å². The Morgan fingerprint density at radius 2 is 1.26 bits per heavy atom. The molecule has 1 aliphatic carbocycles. The molecular formula is C36H30N2. The van der Waals surface area contributed by atoms with E-state index in [9.17, 15) is 0 Å². The molecule has 4 aromatic carbocycles. The predicted molar refractivity (Wildman–Crippen MR) is 162 cm³/mol. The van der Waals surface area contributed by atoms with Crippen LogP contribution in [0.15, 0.2) is 169 Å². The first-order valence-corrected chi connectivity index (χ1v) is 13.1. The predicted octanol–water partition coefficient (Wildman–Crippen LogP) is 9.16. The number of hydrogen-bond donors (Lipinski definition) is 1. The molecule has 1 aliphatic heterocycles. The first-order chi connectivity index (χ1) is 18.7. The van der Waals surface area contributed by atoms with E-state index in [4.69, 9.17) is 0 Å². The zero-order valence-corrected chi connectivity index (χ0v) is 21.3. The van der Waals surface area contributed by atoms with E-state index in [2.05, 4.69) is 163 Å². The molecule has 0 fully saturated rings. The largest absolute Gasteiger partial charge is 0.357 e. The second-order valence-corrected chi connectivity index (χ2v) is 9.66. The molecule has 2 nitrogen and oxygen atoms in total. The van der Waals surface area contributed by atoms with Gasteiger partial charge in [-0.3, -0.25) is 0 Å². The van der Waals surface area contributed by atoms with Gasteiger partial charge in [0.15, 0.2) is 0 Å². The van der Waals surface area contributed by atoms with Crippen molar-refractivity contribution >= 4 is 11.4 Å². The van der Waals surface area contributed by atoms with E-state index in [-0.39, 0.29) is 6.04 Å². The molecular weight excluding hydrogens is 460 g/mol. The molecule has 0 saturated heterocycles. The number of hydrogen-bond acceptors (Lipinski definition) is 2. The molecule has 4 aromatic rings. The summed E-state index contributed by atoms with van der Waals surface area (Å²) in [6, 6.07) is 38.6. The van der Waals surface area contributed by atoms with Crippen LogP contribution in [0.3, 0.4) is 0 Å². The highest BCUT2D eigenvalue weighted by molar-refractivity contribution is 5.79. The maximum absolute atomic E-state index is 4.32. The van der Waals surface area contributed by atoms with Crippen molar-refractivity contribution in [2.45, 2.75) is 12.5 Å². The van der Waals surface area contributed by atoms with Gasteiger partial charge in [-0.05, 0) is 82.3 Å². The molecule has 1 unspecified atom stereocenters. The van der Waals surface area contributed by atoms with Crippen LogP contribution in [0, 0.1) is 0 Å². The average molecular weight is 491 g/mol. The van der Waals surface area contributed by atoms with Crippen LogP contribution in [0.25, 0.3) is 22.3 Å². The van der Waals surface area contributed by atoms with Crippen LogP contribution in [0.4, 0.5) is 11.4 Å². The number of nitrogens with one attached hydrogen (secondary N) is 1. The maximum atomic E-state index is 4.32. The molecule has 184 valence electrons. The molecule has 2 aliphatic rings. The van der Waals surface area contributed by atoms with E-state index in [0.717, 1.165) is 29.1 Å². The van der Waals surface area contributed by atoms with Gasteiger partial charge in [0.25, 0.3) is 0 Å². The Bertz CT molecular complexity index is 1500. The molecule has 0 aromatic heterocycles. The highest BCUT2D eigenvalue weighted by Crippen LogP contribution is 2.35. The highest BCUT2D eigenvalue weighted by atomic mass is 15.2. The summed E-state index contributed by atoms with van der Waals surface area (Å²) < 4.78 is 0. The summed E-state index contributed by atoms with van der Waals surface area (Å²) in [7, 11) is 0. The van der Waals surface area contributed by atoms with Gasteiger partial charge in [0.2, 0.25) is 0 Å². The van der Waals surface area contributed by atoms with E-state index in [0.29, 0.717) is 0 Å². The number of nitrogens with zero attached hydrogens (tertiary/aromatic N) is 1. The maximum Gasteiger partial charge on any atom is 0.0775 e. The van der Waals surface area contributed by atoms with E-state index < -0.39 is 0 Å². The second kappa shape index (κ2) is 10.7. The number of allylic oxidation sites excluding steroid dienone is 6. The lowest BCUT2D eigenvalue weighted by atomic mass is 9.91. The smallest absolute Gasteiger partial charge is 0.0775 e. The lowest BCUT2D eigenvalue weighted by molar-refractivity contribution is 0.722. The fourth-order valence-corrected chi connectivity index (χ4v) is 5.15. The molecule has 1 heterocycles. The van der Waals surface area contributed by atoms with Crippen LogP contribution in [0.2, 0.25) is 0 Å². The summed E-state index contributed by atoms with van der Waals surface area (Å²) >= 11 is 0. The van der Waals surface area contributed by atoms with E-state index in [1.165, 1.54) is 27.8 Å². The van der Waals surface area contributed by atoms with Crippen LogP contribution in [0.1, 0.15) is 6.42 Å². The van der Waals surface area contributed by atoms with Crippen LogP contribution >= 0.6 is 0 Å². The van der Waals surface area contributed by atoms with E-state index in [1.54, 1.807) is 0 Å². The van der Waals surface area contributed by atoms with Crippen molar-refractivity contribution in [3.05, 3.63) is 169 Å². The fraction of sp³-hybridized carbons (Fsp3) is 0.0556. The third kappa shape index (κ3) is 5.02. The van der Waals surface area contributed by atoms with Crippen molar-refractivity contribution in [3.63, 3.8) is 0 Å². The highest BCUT2D eigenvalue weighted by Gasteiger charge is 2.26. The Morgan fingerprint density at radius 3 is 1.89 bits per heavy atom. The average Bonchev–Trinajstić information content (AvgIpc) is 3.04. The summed E-state index contributed by atoms with van der Waals surface area (Å²) in [6.07, 6.45) is 13.7. The lowest BCUT2D eigenvalue weighted by Gasteiger charge is -2.35. The number of rotatable bonds is 5. The van der Waals surface area contributed by atoms with Gasteiger partial charge in [-0.2, -0.15) is 0 Å². The Morgan fingerprint density at radius 1 is 0.658 bits per heavy atom. The monoisotopic (exact) mass is 490 g/mol. The van der Waals surface area contributed by atoms with Crippen LogP contribution in [-0.2, 0) is 0 Å². The SMILES string of the molecule is C=C1/C=C\C=C/N(c2ccccc2)C2CC1=CC=C2Nc1cc(-c2ccccc2)cc(-c2ccccc2)c1. The zero-order valence-electron chi connectivity index (χ0n) is 21.3. The van der Waals surface area contributed by atoms with Gasteiger partial charge in [0.1, 0.15) is 0 Å². The second-order valence-electron chi connectivity index (χ2n) is 9.66. The van der Waals surface area contributed by atoms with Crippen molar-refractivity contribution in [1.29, 1.82) is 0 Å². The van der Waals surface area contributed by atoms with Crippen LogP contribution < -0.4 is 10.2 Å². The summed E-state index contributed by atoms with van der Waals surface area (Å²) in [5.41, 5.74) is 10.5. The number of anilines is 2. The summed E-state index contributed by atoms with van der Waals surface area (Å²) in [4.78, 5) is 2.36. The first-order valence-electron chi connectivity index (χ1n) is 13.1. The van der Waals surface area contributed by atoms with E-state index in [1.807, 2.05) is 0 Å². The van der Waals surface area contributed by atoms with E-state index >= 15 is 0 Å². The minimum Gasteiger partial charge on any atom is -0.357 e. The van der Waals surface area contributed by atoms with Crippen molar-refractivity contribution in [3.8, 4) is 22.3 Å². The molecule has 1 atom stereocenters. The summed E-state index contributed by atoms with van der Waals surface area (Å²) in [5.74, 6) is 0. The fourth-order valence-electron chi connectivity index (χ4n) is 5.15. The third-order valence-electron chi connectivity index (χ3n) is 7.13. The number of benzene rings is 4. The Hall–Kier alpha value is -4.82. The third-order valence-corrected chi connectivity index (χ3v) is 7.13. The minimum atomic E-state index is 0.103. The Balaban J connectivity index is 1.43. The van der Waals surface area contributed by atoms with Crippen molar-refractivity contribution in [2.75, 3.05) is 10.2 Å². The first kappa shape index (κ1) is 23.6. The van der Waals surface area contributed by atoms with Gasteiger partial charge in [-0.15, -0.1) is 0 Å². The molecule has 6 rings (SSSR count). The topological polar surface area (TPSA) is 15.3 Å². The summed E-state index contributed by atoms with van der Waals surface area (Å²) in [6.45, 7) is 4.32. The van der Waals surface area contributed by atoms with Crippen molar-refractivity contribution in [1.82, 2.24) is 0 Å². The van der Waals surface area contributed by atoms with Gasteiger partial charge in [-0.1, -0.05) is 104 Å². The van der Waals surface area contributed by atoms with Gasteiger partial charge in [0, 0.05) is 23.3 Å².